The smallest absolute Gasteiger partial charge is 0.237 e. The third-order valence-corrected chi connectivity index (χ3v) is 4.72. The molecule has 2 aliphatic rings. The van der Waals surface area contributed by atoms with Crippen molar-refractivity contribution in [2.45, 2.75) is 76.5 Å². The molecule has 2 rings (SSSR count). The lowest BCUT2D eigenvalue weighted by molar-refractivity contribution is -0.124. The topological polar surface area (TPSA) is 58.4 Å². The monoisotopic (exact) mass is 267 g/mol. The highest BCUT2D eigenvalue weighted by Gasteiger charge is 2.37. The van der Waals surface area contributed by atoms with Gasteiger partial charge in [0.1, 0.15) is 0 Å². The van der Waals surface area contributed by atoms with Crippen molar-refractivity contribution in [2.75, 3.05) is 7.05 Å². The van der Waals surface area contributed by atoms with Crippen LogP contribution in [0.2, 0.25) is 0 Å². The van der Waals surface area contributed by atoms with Gasteiger partial charge in [-0.3, -0.25) is 9.69 Å². The Morgan fingerprint density at radius 2 is 1.84 bits per heavy atom. The minimum absolute atomic E-state index is 0.0242. The van der Waals surface area contributed by atoms with Gasteiger partial charge in [0.05, 0.1) is 6.04 Å². The maximum absolute atomic E-state index is 12.2. The van der Waals surface area contributed by atoms with E-state index in [1.54, 1.807) is 0 Å². The first-order chi connectivity index (χ1) is 9.00. The Morgan fingerprint density at radius 1 is 1.21 bits per heavy atom. The molecule has 2 saturated carbocycles. The van der Waals surface area contributed by atoms with E-state index in [2.05, 4.69) is 17.3 Å². The summed E-state index contributed by atoms with van der Waals surface area (Å²) in [6.07, 6.45) is 7.44. The summed E-state index contributed by atoms with van der Waals surface area (Å²) in [5.41, 5.74) is 5.95. The summed E-state index contributed by atoms with van der Waals surface area (Å²) in [6.45, 7) is 4.00. The lowest BCUT2D eigenvalue weighted by Gasteiger charge is -2.39. The Balaban J connectivity index is 1.93. The van der Waals surface area contributed by atoms with Crippen LogP contribution >= 0.6 is 0 Å². The fourth-order valence-electron chi connectivity index (χ4n) is 3.10. The molecule has 4 heteroatoms. The van der Waals surface area contributed by atoms with E-state index in [1.807, 2.05) is 13.8 Å². The van der Waals surface area contributed by atoms with E-state index in [1.165, 1.54) is 32.1 Å². The Bertz CT molecular complexity index is 315. The maximum atomic E-state index is 12.2. The van der Waals surface area contributed by atoms with Crippen LogP contribution in [0.3, 0.4) is 0 Å². The molecule has 0 heterocycles. The van der Waals surface area contributed by atoms with E-state index in [-0.39, 0.29) is 23.9 Å². The standard InChI is InChI=1S/C15H29N3O/c1-10(2)14(16)15(19)17-12-6-4-5-7-13(12)18(3)11-8-9-11/h10-14H,4-9,16H2,1-3H3,(H,17,19)/t12?,13?,14-/m0/s1. The predicted molar refractivity (Wildman–Crippen MR) is 77.8 cm³/mol. The van der Waals surface area contributed by atoms with Crippen LogP contribution in [0.1, 0.15) is 52.4 Å². The average Bonchev–Trinajstić information content (AvgIpc) is 3.21. The van der Waals surface area contributed by atoms with Crippen molar-refractivity contribution in [3.8, 4) is 0 Å². The molecule has 0 spiro atoms. The zero-order valence-corrected chi connectivity index (χ0v) is 12.6. The molecule has 0 aromatic carbocycles. The van der Waals surface area contributed by atoms with E-state index < -0.39 is 0 Å². The number of nitrogens with one attached hydrogen (secondary N) is 1. The fourth-order valence-corrected chi connectivity index (χ4v) is 3.10. The molecule has 2 aliphatic carbocycles. The van der Waals surface area contributed by atoms with Crippen LogP contribution < -0.4 is 11.1 Å². The van der Waals surface area contributed by atoms with Crippen molar-refractivity contribution < 1.29 is 4.79 Å². The molecule has 2 fully saturated rings. The summed E-state index contributed by atoms with van der Waals surface area (Å²) in [5, 5.41) is 3.21. The lowest BCUT2D eigenvalue weighted by Crippen LogP contribution is -2.56. The normalized spacial score (nSPS) is 29.6. The summed E-state index contributed by atoms with van der Waals surface area (Å²) in [5.74, 6) is 0.222. The highest BCUT2D eigenvalue weighted by Crippen LogP contribution is 2.32. The van der Waals surface area contributed by atoms with Crippen LogP contribution in [-0.2, 0) is 4.79 Å². The van der Waals surface area contributed by atoms with Crippen molar-refractivity contribution in [1.82, 2.24) is 10.2 Å². The second-order valence-corrected chi connectivity index (χ2v) is 6.63. The van der Waals surface area contributed by atoms with E-state index in [9.17, 15) is 4.79 Å². The molecular formula is C15H29N3O. The number of hydrogen-bond acceptors (Lipinski definition) is 3. The van der Waals surface area contributed by atoms with Gasteiger partial charge in [-0.1, -0.05) is 26.7 Å². The van der Waals surface area contributed by atoms with Crippen LogP contribution in [0, 0.1) is 5.92 Å². The van der Waals surface area contributed by atoms with Crippen molar-refractivity contribution in [3.05, 3.63) is 0 Å². The number of nitrogens with two attached hydrogens (primary N) is 1. The van der Waals surface area contributed by atoms with E-state index in [4.69, 9.17) is 5.73 Å². The summed E-state index contributed by atoms with van der Waals surface area (Å²) < 4.78 is 0. The average molecular weight is 267 g/mol. The van der Waals surface area contributed by atoms with Crippen LogP contribution in [0.15, 0.2) is 0 Å². The first-order valence-electron chi connectivity index (χ1n) is 7.78. The number of nitrogens with zero attached hydrogens (tertiary/aromatic N) is 1. The number of hydrogen-bond donors (Lipinski definition) is 2. The van der Waals surface area contributed by atoms with E-state index >= 15 is 0 Å². The van der Waals surface area contributed by atoms with Gasteiger partial charge in [0.25, 0.3) is 0 Å². The Hall–Kier alpha value is -0.610. The zero-order chi connectivity index (χ0) is 14.0. The van der Waals surface area contributed by atoms with Gasteiger partial charge >= 0.3 is 0 Å². The van der Waals surface area contributed by atoms with Gasteiger partial charge < -0.3 is 11.1 Å². The van der Waals surface area contributed by atoms with Gasteiger partial charge in [0, 0.05) is 18.1 Å². The van der Waals surface area contributed by atoms with Gasteiger partial charge in [-0.15, -0.1) is 0 Å². The number of carbonyl (C=O) groups excluding carboxylic acids is 1. The SMILES string of the molecule is CC(C)[C@H](N)C(=O)NC1CCCCC1N(C)C1CC1. The van der Waals surface area contributed by atoms with Crippen LogP contribution in [-0.4, -0.2) is 42.0 Å². The van der Waals surface area contributed by atoms with Crippen molar-refractivity contribution >= 4 is 5.91 Å². The van der Waals surface area contributed by atoms with Crippen molar-refractivity contribution in [2.24, 2.45) is 11.7 Å². The third kappa shape index (κ3) is 3.69. The van der Waals surface area contributed by atoms with Gasteiger partial charge in [0.2, 0.25) is 5.91 Å². The summed E-state index contributed by atoms with van der Waals surface area (Å²) in [6, 6.07) is 1.16. The van der Waals surface area contributed by atoms with E-state index in [0.29, 0.717) is 6.04 Å². The molecule has 4 nitrogen and oxygen atoms in total. The summed E-state index contributed by atoms with van der Waals surface area (Å²) in [4.78, 5) is 14.6. The van der Waals surface area contributed by atoms with Gasteiger partial charge in [-0.2, -0.15) is 0 Å². The zero-order valence-electron chi connectivity index (χ0n) is 12.6. The second-order valence-electron chi connectivity index (χ2n) is 6.63. The highest BCUT2D eigenvalue weighted by atomic mass is 16.2. The molecule has 0 aromatic rings. The molecule has 0 saturated heterocycles. The molecule has 0 aliphatic heterocycles. The maximum Gasteiger partial charge on any atom is 0.237 e. The Kier molecular flexibility index (Phi) is 4.85. The Labute approximate surface area is 117 Å². The molecule has 0 aromatic heterocycles. The minimum Gasteiger partial charge on any atom is -0.350 e. The number of rotatable bonds is 5. The number of carbonyl (C=O) groups is 1. The predicted octanol–water partition coefficient (Wildman–Crippen LogP) is 1.49. The van der Waals surface area contributed by atoms with Crippen molar-refractivity contribution in [1.29, 1.82) is 0 Å². The highest BCUT2D eigenvalue weighted by molar-refractivity contribution is 5.82. The van der Waals surface area contributed by atoms with Crippen LogP contribution in [0.4, 0.5) is 0 Å². The quantitative estimate of drug-likeness (QED) is 0.793. The van der Waals surface area contributed by atoms with Crippen LogP contribution in [0.25, 0.3) is 0 Å². The van der Waals surface area contributed by atoms with Crippen LogP contribution in [0.5, 0.6) is 0 Å². The molecule has 0 radical (unpaired) electrons. The fraction of sp³-hybridized carbons (Fsp3) is 0.933. The second kappa shape index (κ2) is 6.23. The molecule has 19 heavy (non-hydrogen) atoms. The molecular weight excluding hydrogens is 238 g/mol. The number of amides is 1. The first-order valence-corrected chi connectivity index (χ1v) is 7.78. The largest absolute Gasteiger partial charge is 0.350 e. The first kappa shape index (κ1) is 14.8. The molecule has 0 bridgehead atoms. The molecule has 2 unspecified atom stereocenters. The molecule has 3 atom stereocenters. The van der Waals surface area contributed by atoms with Gasteiger partial charge in [-0.05, 0) is 38.6 Å². The lowest BCUT2D eigenvalue weighted by atomic mass is 9.88. The molecule has 1 amide bonds. The van der Waals surface area contributed by atoms with E-state index in [0.717, 1.165) is 12.5 Å². The minimum atomic E-state index is -0.381. The third-order valence-electron chi connectivity index (χ3n) is 4.72. The Morgan fingerprint density at radius 3 is 2.42 bits per heavy atom. The van der Waals surface area contributed by atoms with Gasteiger partial charge in [-0.25, -0.2) is 0 Å². The summed E-state index contributed by atoms with van der Waals surface area (Å²) in [7, 11) is 2.22. The number of likely N-dealkylation sites (N-methyl/N-ethyl adjacent to an activating group) is 1. The van der Waals surface area contributed by atoms with Crippen molar-refractivity contribution in [3.63, 3.8) is 0 Å². The summed E-state index contributed by atoms with van der Waals surface area (Å²) >= 11 is 0. The molecule has 110 valence electrons. The molecule has 3 N–H and O–H groups in total. The van der Waals surface area contributed by atoms with Gasteiger partial charge in [0.15, 0.2) is 0 Å².